The van der Waals surface area contributed by atoms with Crippen molar-refractivity contribution in [3.8, 4) is 0 Å². The lowest BCUT2D eigenvalue weighted by Gasteiger charge is -2.36. The van der Waals surface area contributed by atoms with Crippen LogP contribution >= 0.6 is 0 Å². The van der Waals surface area contributed by atoms with Gasteiger partial charge in [0.25, 0.3) is 0 Å². The second-order valence-electron chi connectivity index (χ2n) is 6.52. The summed E-state index contributed by atoms with van der Waals surface area (Å²) in [6, 6.07) is 4.36. The maximum atomic E-state index is 13.2. The van der Waals surface area contributed by atoms with E-state index in [4.69, 9.17) is 5.73 Å². The van der Waals surface area contributed by atoms with Crippen molar-refractivity contribution >= 4 is 5.96 Å². The number of benzene rings is 1. The van der Waals surface area contributed by atoms with E-state index in [0.29, 0.717) is 12.0 Å². The van der Waals surface area contributed by atoms with Crippen molar-refractivity contribution in [2.45, 2.75) is 62.9 Å². The standard InChI is InChI=1S/C17H23F2N3/c18-13-6-11(7-14(19)10-13)12-8-16(9-12)22-17(20)21-15-4-2-1-3-5-15/h6-7,10,12,15-16H,1-5,8-9H2,(H3,20,21,22). The second-order valence-corrected chi connectivity index (χ2v) is 6.52. The number of guanidine groups is 1. The fourth-order valence-corrected chi connectivity index (χ4v) is 3.47. The summed E-state index contributed by atoms with van der Waals surface area (Å²) in [5.74, 6) is -0.305. The molecule has 0 aliphatic heterocycles. The van der Waals surface area contributed by atoms with E-state index in [9.17, 15) is 8.78 Å². The van der Waals surface area contributed by atoms with E-state index in [1.807, 2.05) is 0 Å². The highest BCUT2D eigenvalue weighted by molar-refractivity contribution is 5.78. The Labute approximate surface area is 130 Å². The van der Waals surface area contributed by atoms with Gasteiger partial charge in [-0.2, -0.15) is 0 Å². The highest BCUT2D eigenvalue weighted by Crippen LogP contribution is 2.37. The molecule has 0 amide bonds. The Hall–Kier alpha value is -1.65. The minimum Gasteiger partial charge on any atom is -0.370 e. The number of nitrogens with one attached hydrogen (secondary N) is 1. The predicted molar refractivity (Wildman–Crippen MR) is 83.8 cm³/mol. The summed E-state index contributed by atoms with van der Waals surface area (Å²) < 4.78 is 26.4. The number of hydrogen-bond acceptors (Lipinski definition) is 1. The first-order chi connectivity index (χ1) is 10.6. The molecule has 1 aromatic carbocycles. The van der Waals surface area contributed by atoms with E-state index in [-0.39, 0.29) is 12.0 Å². The minimum absolute atomic E-state index is 0.199. The normalized spacial score (nSPS) is 26.5. The van der Waals surface area contributed by atoms with Crippen molar-refractivity contribution in [2.24, 2.45) is 10.7 Å². The zero-order chi connectivity index (χ0) is 15.5. The number of halogens is 2. The van der Waals surface area contributed by atoms with Crippen molar-refractivity contribution < 1.29 is 8.78 Å². The van der Waals surface area contributed by atoms with Crippen LogP contribution in [0.4, 0.5) is 8.78 Å². The first-order valence-electron chi connectivity index (χ1n) is 8.16. The van der Waals surface area contributed by atoms with Crippen molar-refractivity contribution in [3.63, 3.8) is 0 Å². The Balaban J connectivity index is 1.49. The molecule has 3 N–H and O–H groups in total. The lowest BCUT2D eigenvalue weighted by molar-refractivity contribution is 0.321. The molecule has 2 fully saturated rings. The van der Waals surface area contributed by atoms with Crippen molar-refractivity contribution in [3.05, 3.63) is 35.4 Å². The molecule has 0 aromatic heterocycles. The summed E-state index contributed by atoms with van der Waals surface area (Å²) in [5.41, 5.74) is 6.70. The van der Waals surface area contributed by atoms with Gasteiger partial charge in [0.2, 0.25) is 0 Å². The number of hydrogen-bond donors (Lipinski definition) is 2. The van der Waals surface area contributed by atoms with E-state index >= 15 is 0 Å². The van der Waals surface area contributed by atoms with Gasteiger partial charge >= 0.3 is 0 Å². The predicted octanol–water partition coefficient (Wildman–Crippen LogP) is 3.45. The maximum absolute atomic E-state index is 13.2. The zero-order valence-electron chi connectivity index (χ0n) is 12.7. The SMILES string of the molecule is NC(=NC1CCCCC1)NC1CC(c2cc(F)cc(F)c2)C1. The van der Waals surface area contributed by atoms with Crippen LogP contribution in [0.2, 0.25) is 0 Å². The van der Waals surface area contributed by atoms with Gasteiger partial charge in [-0.15, -0.1) is 0 Å². The summed E-state index contributed by atoms with van der Waals surface area (Å²) in [5, 5.41) is 3.23. The lowest BCUT2D eigenvalue weighted by Crippen LogP contribution is -2.47. The van der Waals surface area contributed by atoms with Crippen molar-refractivity contribution in [2.75, 3.05) is 0 Å². The third kappa shape index (κ3) is 3.76. The molecule has 2 saturated carbocycles. The Bertz CT molecular complexity index is 527. The Kier molecular flexibility index (Phi) is 4.60. The minimum atomic E-state index is -0.509. The first kappa shape index (κ1) is 15.3. The van der Waals surface area contributed by atoms with Crippen molar-refractivity contribution in [1.29, 1.82) is 0 Å². The van der Waals surface area contributed by atoms with Crippen LogP contribution in [0, 0.1) is 11.6 Å². The highest BCUT2D eigenvalue weighted by atomic mass is 19.1. The van der Waals surface area contributed by atoms with Gasteiger partial charge in [-0.05, 0) is 49.3 Å². The quantitative estimate of drug-likeness (QED) is 0.664. The van der Waals surface area contributed by atoms with Crippen LogP contribution in [-0.4, -0.2) is 18.0 Å². The zero-order valence-corrected chi connectivity index (χ0v) is 12.7. The molecule has 5 heteroatoms. The van der Waals surface area contributed by atoms with Crippen LogP contribution in [0.15, 0.2) is 23.2 Å². The molecular formula is C17H23F2N3. The topological polar surface area (TPSA) is 50.4 Å². The van der Waals surface area contributed by atoms with Gasteiger partial charge in [-0.1, -0.05) is 19.3 Å². The van der Waals surface area contributed by atoms with E-state index in [1.165, 1.54) is 31.4 Å². The number of nitrogens with zero attached hydrogens (tertiary/aromatic N) is 1. The third-order valence-electron chi connectivity index (χ3n) is 4.74. The maximum Gasteiger partial charge on any atom is 0.189 e. The molecule has 2 aliphatic rings. The van der Waals surface area contributed by atoms with Crippen LogP contribution < -0.4 is 11.1 Å². The summed E-state index contributed by atoms with van der Waals surface area (Å²) in [7, 11) is 0. The fraction of sp³-hybridized carbons (Fsp3) is 0.588. The number of nitrogens with two attached hydrogens (primary N) is 1. The summed E-state index contributed by atoms with van der Waals surface area (Å²) in [4.78, 5) is 4.55. The lowest BCUT2D eigenvalue weighted by atomic mass is 9.76. The summed E-state index contributed by atoms with van der Waals surface area (Å²) >= 11 is 0. The average molecular weight is 307 g/mol. The van der Waals surface area contributed by atoms with Crippen LogP contribution in [0.25, 0.3) is 0 Å². The molecule has 0 radical (unpaired) electrons. The van der Waals surface area contributed by atoms with E-state index < -0.39 is 11.6 Å². The van der Waals surface area contributed by atoms with Crippen LogP contribution in [-0.2, 0) is 0 Å². The summed E-state index contributed by atoms with van der Waals surface area (Å²) in [6.45, 7) is 0. The molecule has 2 aliphatic carbocycles. The number of aliphatic imine (C=N–C) groups is 1. The molecule has 120 valence electrons. The van der Waals surface area contributed by atoms with Gasteiger partial charge in [0.1, 0.15) is 11.6 Å². The molecule has 1 aromatic rings. The van der Waals surface area contributed by atoms with Gasteiger partial charge < -0.3 is 11.1 Å². The Morgan fingerprint density at radius 1 is 1.05 bits per heavy atom. The Morgan fingerprint density at radius 2 is 1.68 bits per heavy atom. The van der Waals surface area contributed by atoms with E-state index in [2.05, 4.69) is 10.3 Å². The van der Waals surface area contributed by atoms with E-state index in [0.717, 1.165) is 37.3 Å². The molecule has 0 saturated heterocycles. The largest absolute Gasteiger partial charge is 0.370 e. The van der Waals surface area contributed by atoms with Gasteiger partial charge in [-0.3, -0.25) is 4.99 Å². The van der Waals surface area contributed by atoms with Gasteiger partial charge in [0, 0.05) is 12.1 Å². The second kappa shape index (κ2) is 6.63. The smallest absolute Gasteiger partial charge is 0.189 e. The van der Waals surface area contributed by atoms with E-state index in [1.54, 1.807) is 0 Å². The van der Waals surface area contributed by atoms with Gasteiger partial charge in [0.05, 0.1) is 6.04 Å². The molecule has 3 rings (SSSR count). The fourth-order valence-electron chi connectivity index (χ4n) is 3.47. The van der Waals surface area contributed by atoms with Crippen molar-refractivity contribution in [1.82, 2.24) is 5.32 Å². The number of rotatable bonds is 3. The molecule has 22 heavy (non-hydrogen) atoms. The molecule has 0 unspecified atom stereocenters. The molecule has 3 nitrogen and oxygen atoms in total. The van der Waals surface area contributed by atoms with Gasteiger partial charge in [-0.25, -0.2) is 8.78 Å². The van der Waals surface area contributed by atoms with Gasteiger partial charge in [0.15, 0.2) is 5.96 Å². The third-order valence-corrected chi connectivity index (χ3v) is 4.74. The van der Waals surface area contributed by atoms with Crippen LogP contribution in [0.1, 0.15) is 56.4 Å². The van der Waals surface area contributed by atoms with Crippen LogP contribution in [0.5, 0.6) is 0 Å². The summed E-state index contributed by atoms with van der Waals surface area (Å²) in [6.07, 6.45) is 7.69. The monoisotopic (exact) mass is 307 g/mol. The van der Waals surface area contributed by atoms with Crippen LogP contribution in [0.3, 0.4) is 0 Å². The molecule has 0 spiro atoms. The molecular weight excluding hydrogens is 284 g/mol. The Morgan fingerprint density at radius 3 is 2.32 bits per heavy atom. The highest BCUT2D eigenvalue weighted by Gasteiger charge is 2.31. The first-order valence-corrected chi connectivity index (χ1v) is 8.16. The molecule has 0 heterocycles. The molecule has 0 atom stereocenters. The molecule has 0 bridgehead atoms. The average Bonchev–Trinajstić information content (AvgIpc) is 2.42.